The van der Waals surface area contributed by atoms with Gasteiger partial charge in [0.2, 0.25) is 0 Å². The van der Waals surface area contributed by atoms with E-state index < -0.39 is 0 Å². The molecular weight excluding hydrogens is 300 g/mol. The third kappa shape index (κ3) is 3.21. The minimum atomic E-state index is -0.210. The van der Waals surface area contributed by atoms with E-state index in [4.69, 9.17) is 19.5 Å². The van der Waals surface area contributed by atoms with Gasteiger partial charge in [-0.1, -0.05) is 60.8 Å². The molecule has 4 heteroatoms. The largest absolute Gasteiger partial charge is 0.478 e. The lowest BCUT2D eigenvalue weighted by atomic mass is 9.73. The molecule has 1 saturated carbocycles. The molecule has 0 radical (unpaired) electrons. The molecule has 3 rings (SSSR count). The quantitative estimate of drug-likeness (QED) is 0.739. The van der Waals surface area contributed by atoms with Crippen molar-refractivity contribution in [1.29, 1.82) is 0 Å². The second kappa shape index (κ2) is 6.03. The third-order valence-electron chi connectivity index (χ3n) is 5.83. The molecule has 0 N–H and O–H groups in total. The Labute approximate surface area is 147 Å². The van der Waals surface area contributed by atoms with Crippen LogP contribution in [-0.2, 0) is 9.47 Å². The molecule has 2 heterocycles. The van der Waals surface area contributed by atoms with Crippen LogP contribution >= 0.6 is 0 Å². The highest BCUT2D eigenvalue weighted by Crippen LogP contribution is 2.44. The lowest BCUT2D eigenvalue weighted by Gasteiger charge is -2.35. The van der Waals surface area contributed by atoms with Crippen LogP contribution in [-0.4, -0.2) is 37.1 Å². The molecule has 0 amide bonds. The van der Waals surface area contributed by atoms with Crippen LogP contribution in [0.3, 0.4) is 0 Å². The predicted molar refractivity (Wildman–Crippen MR) is 98.8 cm³/mol. The maximum absolute atomic E-state index is 6.16. The van der Waals surface area contributed by atoms with Gasteiger partial charge in [-0.05, 0) is 23.7 Å². The fourth-order valence-corrected chi connectivity index (χ4v) is 3.83. The van der Waals surface area contributed by atoms with Crippen molar-refractivity contribution in [3.63, 3.8) is 0 Å². The van der Waals surface area contributed by atoms with Gasteiger partial charge in [0.05, 0.1) is 12.1 Å². The second-order valence-corrected chi connectivity index (χ2v) is 9.90. The molecule has 0 spiro atoms. The van der Waals surface area contributed by atoms with E-state index in [2.05, 4.69) is 41.5 Å². The molecule has 3 aliphatic rings. The Morgan fingerprint density at radius 2 is 1.17 bits per heavy atom. The Bertz CT molecular complexity index is 489. The average Bonchev–Trinajstić information content (AvgIpc) is 3.17. The van der Waals surface area contributed by atoms with Gasteiger partial charge < -0.3 is 9.47 Å². The van der Waals surface area contributed by atoms with E-state index in [1.165, 1.54) is 19.3 Å². The third-order valence-corrected chi connectivity index (χ3v) is 5.83. The van der Waals surface area contributed by atoms with Gasteiger partial charge in [0.1, 0.15) is 18.6 Å². The molecule has 0 aromatic carbocycles. The first-order valence-corrected chi connectivity index (χ1v) is 9.55. The summed E-state index contributed by atoms with van der Waals surface area (Å²) in [6, 6.07) is 0.457. The molecule has 2 aliphatic heterocycles. The van der Waals surface area contributed by atoms with Crippen LogP contribution in [0.15, 0.2) is 9.98 Å². The van der Waals surface area contributed by atoms with Crippen molar-refractivity contribution in [3.05, 3.63) is 0 Å². The van der Waals surface area contributed by atoms with E-state index in [0.29, 0.717) is 13.2 Å². The van der Waals surface area contributed by atoms with Crippen LogP contribution in [0, 0.1) is 16.2 Å². The zero-order valence-electron chi connectivity index (χ0n) is 16.3. The summed E-state index contributed by atoms with van der Waals surface area (Å²) in [6.45, 7) is 14.8. The summed E-state index contributed by atoms with van der Waals surface area (Å²) in [7, 11) is 0. The Hall–Kier alpha value is -1.06. The summed E-state index contributed by atoms with van der Waals surface area (Å²) in [5.74, 6) is 1.80. The van der Waals surface area contributed by atoms with Crippen LogP contribution in [0.5, 0.6) is 0 Å². The van der Waals surface area contributed by atoms with E-state index in [9.17, 15) is 0 Å². The highest BCUT2D eigenvalue weighted by molar-refractivity contribution is 6.06. The first kappa shape index (κ1) is 17.8. The molecule has 0 bridgehead atoms. The normalized spacial score (nSPS) is 30.4. The highest BCUT2D eigenvalue weighted by atomic mass is 16.5. The molecule has 1 fully saturated rings. The molecule has 0 aromatic rings. The lowest BCUT2D eigenvalue weighted by molar-refractivity contribution is 0.193. The minimum Gasteiger partial charge on any atom is -0.478 e. The molecule has 136 valence electrons. The van der Waals surface area contributed by atoms with Gasteiger partial charge in [0.15, 0.2) is 11.8 Å². The molecule has 24 heavy (non-hydrogen) atoms. The highest BCUT2D eigenvalue weighted by Gasteiger charge is 2.50. The number of rotatable bonds is 2. The molecule has 4 nitrogen and oxygen atoms in total. The Balaban J connectivity index is 1.93. The van der Waals surface area contributed by atoms with Crippen LogP contribution in [0.4, 0.5) is 0 Å². The van der Waals surface area contributed by atoms with Gasteiger partial charge in [-0.2, -0.15) is 0 Å². The summed E-state index contributed by atoms with van der Waals surface area (Å²) in [5, 5.41) is 0. The predicted octanol–water partition coefficient (Wildman–Crippen LogP) is 4.62. The van der Waals surface area contributed by atoms with Crippen molar-refractivity contribution < 1.29 is 9.47 Å². The number of ether oxygens (including phenoxy) is 2. The summed E-state index contributed by atoms with van der Waals surface area (Å²) >= 11 is 0. The van der Waals surface area contributed by atoms with Crippen molar-refractivity contribution in [3.8, 4) is 0 Å². The topological polar surface area (TPSA) is 43.2 Å². The Kier molecular flexibility index (Phi) is 4.46. The monoisotopic (exact) mass is 334 g/mol. The van der Waals surface area contributed by atoms with E-state index >= 15 is 0 Å². The van der Waals surface area contributed by atoms with Gasteiger partial charge in [-0.25, -0.2) is 9.98 Å². The number of hydrogen-bond acceptors (Lipinski definition) is 4. The zero-order valence-corrected chi connectivity index (χ0v) is 16.3. The summed E-state index contributed by atoms with van der Waals surface area (Å²) < 4.78 is 12.3. The van der Waals surface area contributed by atoms with Crippen molar-refractivity contribution in [2.45, 2.75) is 85.7 Å². The number of hydrogen-bond donors (Lipinski definition) is 0. The van der Waals surface area contributed by atoms with Crippen LogP contribution in [0.25, 0.3) is 0 Å². The summed E-state index contributed by atoms with van der Waals surface area (Å²) in [6.07, 6.45) is 5.79. The number of aliphatic imine (C=N–C) groups is 2. The lowest BCUT2D eigenvalue weighted by Crippen LogP contribution is -2.41. The first-order chi connectivity index (χ1) is 11.1. The van der Waals surface area contributed by atoms with Crippen molar-refractivity contribution in [2.24, 2.45) is 26.2 Å². The van der Waals surface area contributed by atoms with Crippen molar-refractivity contribution in [2.75, 3.05) is 13.2 Å². The maximum Gasteiger partial charge on any atom is 0.199 e. The molecular formula is C20H34N2O2. The minimum absolute atomic E-state index is 0.129. The molecule has 2 atom stereocenters. The van der Waals surface area contributed by atoms with Gasteiger partial charge >= 0.3 is 0 Å². The van der Waals surface area contributed by atoms with Gasteiger partial charge in [0, 0.05) is 0 Å². The molecule has 0 aromatic heterocycles. The molecule has 1 aliphatic carbocycles. The summed E-state index contributed by atoms with van der Waals surface area (Å²) in [4.78, 5) is 10.0. The molecule has 0 unspecified atom stereocenters. The van der Waals surface area contributed by atoms with Crippen LogP contribution in [0.2, 0.25) is 0 Å². The van der Waals surface area contributed by atoms with Crippen LogP contribution < -0.4 is 0 Å². The average molecular weight is 335 g/mol. The smallest absolute Gasteiger partial charge is 0.199 e. The Morgan fingerprint density at radius 1 is 0.750 bits per heavy atom. The number of nitrogens with zero attached hydrogens (tertiary/aromatic N) is 2. The maximum atomic E-state index is 6.16. The zero-order chi connectivity index (χ0) is 17.6. The van der Waals surface area contributed by atoms with Crippen molar-refractivity contribution >= 4 is 11.8 Å². The van der Waals surface area contributed by atoms with E-state index in [-0.39, 0.29) is 28.3 Å². The SMILES string of the molecule is CC(C)(C)[C@@H]1COC(C2(C3=N[C@H](C(C)(C)C)CO3)CCCCC2)=N1. The second-order valence-electron chi connectivity index (χ2n) is 9.90. The van der Waals surface area contributed by atoms with E-state index in [1.807, 2.05) is 0 Å². The van der Waals surface area contributed by atoms with Gasteiger partial charge in [0.25, 0.3) is 0 Å². The fourth-order valence-electron chi connectivity index (χ4n) is 3.83. The fraction of sp³-hybridized carbons (Fsp3) is 0.900. The van der Waals surface area contributed by atoms with E-state index in [1.54, 1.807) is 0 Å². The summed E-state index contributed by atoms with van der Waals surface area (Å²) in [5.41, 5.74) is 0.0477. The molecule has 0 saturated heterocycles. The van der Waals surface area contributed by atoms with Crippen LogP contribution in [0.1, 0.15) is 73.6 Å². The van der Waals surface area contributed by atoms with Gasteiger partial charge in [-0.15, -0.1) is 0 Å². The van der Waals surface area contributed by atoms with E-state index in [0.717, 1.165) is 24.6 Å². The Morgan fingerprint density at radius 3 is 1.50 bits per heavy atom. The van der Waals surface area contributed by atoms with Crippen molar-refractivity contribution in [1.82, 2.24) is 0 Å². The first-order valence-electron chi connectivity index (χ1n) is 9.55. The van der Waals surface area contributed by atoms with Gasteiger partial charge in [-0.3, -0.25) is 0 Å². The standard InChI is InChI=1S/C20H34N2O2/c1-18(2,3)14-12-23-16(21-14)20(10-8-7-9-11-20)17-22-15(13-24-17)19(4,5)6/h14-15H,7-13H2,1-6H3/t14-,15-/m0/s1.